The number of hydrogen-bond acceptors (Lipinski definition) is 5. The predicted molar refractivity (Wildman–Crippen MR) is 86.2 cm³/mol. The van der Waals surface area contributed by atoms with Gasteiger partial charge in [-0.25, -0.2) is 14.5 Å². The fourth-order valence-electron chi connectivity index (χ4n) is 4.25. The summed E-state index contributed by atoms with van der Waals surface area (Å²) in [4.78, 5) is 51.2. The van der Waals surface area contributed by atoms with Crippen LogP contribution in [-0.2, 0) is 20.6 Å². The number of halogens is 3. The number of carbonyl (C=O) groups is 4. The Morgan fingerprint density at radius 2 is 1.93 bits per heavy atom. The smallest absolute Gasteiger partial charge is 0.417 e. The highest BCUT2D eigenvalue weighted by atomic mass is 19.4. The molecular weight excluding hydrogens is 397 g/mol. The van der Waals surface area contributed by atoms with Gasteiger partial charge >= 0.3 is 24.1 Å². The van der Waals surface area contributed by atoms with Crippen LogP contribution in [0.15, 0.2) is 18.2 Å². The van der Waals surface area contributed by atoms with Crippen LogP contribution in [0, 0.1) is 11.3 Å². The largest absolute Gasteiger partial charge is 0.474 e. The van der Waals surface area contributed by atoms with Crippen molar-refractivity contribution in [3.63, 3.8) is 0 Å². The summed E-state index contributed by atoms with van der Waals surface area (Å²) < 4.78 is 39.7. The second kappa shape index (κ2) is 5.94. The van der Waals surface area contributed by atoms with Crippen LogP contribution < -0.4 is 4.90 Å². The number of rotatable bonds is 1. The molecule has 3 heterocycles. The maximum Gasteiger partial charge on any atom is 0.417 e. The molecule has 3 aliphatic rings. The molecule has 0 aliphatic carbocycles. The molecule has 0 saturated carbocycles. The Bertz CT molecular complexity index is 1020. The zero-order valence-electron chi connectivity index (χ0n) is 14.4. The average molecular weight is 408 g/mol. The van der Waals surface area contributed by atoms with Crippen molar-refractivity contribution in [1.29, 1.82) is 5.26 Å². The maximum absolute atomic E-state index is 13.2. The zero-order valence-corrected chi connectivity index (χ0v) is 14.4. The highest BCUT2D eigenvalue weighted by molar-refractivity contribution is 6.32. The lowest BCUT2D eigenvalue weighted by molar-refractivity contribution is -0.157. The van der Waals surface area contributed by atoms with E-state index in [1.54, 1.807) is 0 Å². The number of piperazine rings is 1. The lowest BCUT2D eigenvalue weighted by Gasteiger charge is -2.33. The summed E-state index contributed by atoms with van der Waals surface area (Å²) in [5.41, 5.74) is -2.29. The Morgan fingerprint density at radius 1 is 1.24 bits per heavy atom. The standard InChI is InChI=1S/C17H11F3N4O5/c18-17(19,20)10-3-8(2-1-7(10)5-21)24-13(25)12-11-4-9(23(12)16(24)29)6-22(11)14(26)15(27)28/h1-3,9,11-12H,4,6H2,(H,27,28)/t9-,11-,12-/m0/s1. The minimum Gasteiger partial charge on any atom is -0.474 e. The quantitative estimate of drug-likeness (QED) is 0.541. The second-order valence-corrected chi connectivity index (χ2v) is 6.87. The number of fused-ring (bicyclic) bond motifs is 5. The minimum atomic E-state index is -4.87. The number of nitrogens with zero attached hydrogens (tertiary/aromatic N) is 4. The van der Waals surface area contributed by atoms with Gasteiger partial charge in [0.1, 0.15) is 6.04 Å². The molecule has 9 nitrogen and oxygen atoms in total. The fraction of sp³-hybridized carbons (Fsp3) is 0.353. The number of carbonyl (C=O) groups excluding carboxylic acids is 3. The van der Waals surface area contributed by atoms with Crippen molar-refractivity contribution in [3.05, 3.63) is 29.3 Å². The molecular formula is C17H11F3N4O5. The first kappa shape index (κ1) is 18.7. The van der Waals surface area contributed by atoms with Crippen molar-refractivity contribution in [1.82, 2.24) is 9.80 Å². The molecule has 150 valence electrons. The Morgan fingerprint density at radius 3 is 2.52 bits per heavy atom. The SMILES string of the molecule is N#Cc1ccc(N2C(=O)[C@@H]3[C@@H]4C[C@@H](CN4C(=O)C(=O)O)N3C2=O)cc1C(F)(F)F. The third-order valence-electron chi connectivity index (χ3n) is 5.40. The summed E-state index contributed by atoms with van der Waals surface area (Å²) in [5.74, 6) is -3.74. The number of nitriles is 1. The molecule has 4 rings (SSSR count). The Hall–Kier alpha value is -3.62. The Kier molecular flexibility index (Phi) is 3.83. The van der Waals surface area contributed by atoms with Gasteiger partial charge in [0.2, 0.25) is 0 Å². The van der Waals surface area contributed by atoms with Gasteiger partial charge in [-0.1, -0.05) is 0 Å². The van der Waals surface area contributed by atoms with E-state index >= 15 is 0 Å². The van der Waals surface area contributed by atoms with Gasteiger partial charge in [0, 0.05) is 6.54 Å². The third-order valence-corrected chi connectivity index (χ3v) is 5.40. The number of likely N-dealkylation sites (tertiary alicyclic amines) is 1. The lowest BCUT2D eigenvalue weighted by Crippen LogP contribution is -2.56. The minimum absolute atomic E-state index is 0.0691. The summed E-state index contributed by atoms with van der Waals surface area (Å²) in [6.07, 6.45) is -4.65. The van der Waals surface area contributed by atoms with E-state index in [0.29, 0.717) is 11.0 Å². The van der Waals surface area contributed by atoms with Crippen LogP contribution in [0.25, 0.3) is 0 Å². The first-order valence-electron chi connectivity index (χ1n) is 8.37. The van der Waals surface area contributed by atoms with Crippen LogP contribution in [0.4, 0.5) is 23.7 Å². The van der Waals surface area contributed by atoms with Crippen molar-refractivity contribution in [2.24, 2.45) is 0 Å². The predicted octanol–water partition coefficient (Wildman–Crippen LogP) is 0.782. The lowest BCUT2D eigenvalue weighted by atomic mass is 10.1. The van der Waals surface area contributed by atoms with Crippen LogP contribution in [0.1, 0.15) is 17.5 Å². The molecule has 4 amide bonds. The molecule has 3 atom stereocenters. The fourth-order valence-corrected chi connectivity index (χ4v) is 4.25. The molecule has 1 N–H and O–H groups in total. The van der Waals surface area contributed by atoms with Gasteiger partial charge in [-0.2, -0.15) is 18.4 Å². The van der Waals surface area contributed by atoms with Gasteiger partial charge in [-0.3, -0.25) is 9.59 Å². The van der Waals surface area contributed by atoms with Gasteiger partial charge in [-0.15, -0.1) is 0 Å². The summed E-state index contributed by atoms with van der Waals surface area (Å²) in [7, 11) is 0. The van der Waals surface area contributed by atoms with Crippen LogP contribution in [-0.4, -0.2) is 63.4 Å². The summed E-state index contributed by atoms with van der Waals surface area (Å²) >= 11 is 0. The van der Waals surface area contributed by atoms with Crippen molar-refractivity contribution in [2.45, 2.75) is 30.7 Å². The Balaban J connectivity index is 1.71. The third kappa shape index (κ3) is 2.54. The molecule has 12 heteroatoms. The maximum atomic E-state index is 13.2. The average Bonchev–Trinajstić information content (AvgIpc) is 3.31. The van der Waals surface area contributed by atoms with E-state index < -0.39 is 59.2 Å². The molecule has 1 aromatic rings. The molecule has 0 unspecified atom stereocenters. The van der Waals surface area contributed by atoms with Crippen molar-refractivity contribution in [3.8, 4) is 6.07 Å². The van der Waals surface area contributed by atoms with E-state index in [4.69, 9.17) is 10.4 Å². The summed E-state index contributed by atoms with van der Waals surface area (Å²) in [5, 5.41) is 17.8. The molecule has 0 spiro atoms. The molecule has 0 aromatic heterocycles. The van der Waals surface area contributed by atoms with Gasteiger partial charge in [0.05, 0.1) is 35.0 Å². The monoisotopic (exact) mass is 408 g/mol. The van der Waals surface area contributed by atoms with E-state index in [2.05, 4.69) is 0 Å². The van der Waals surface area contributed by atoms with E-state index in [9.17, 15) is 32.3 Å². The Labute approximate surface area is 160 Å². The first-order valence-corrected chi connectivity index (χ1v) is 8.37. The van der Waals surface area contributed by atoms with Gasteiger partial charge in [0.15, 0.2) is 0 Å². The van der Waals surface area contributed by atoms with Gasteiger partial charge in [0.25, 0.3) is 5.91 Å². The first-order chi connectivity index (χ1) is 13.6. The van der Waals surface area contributed by atoms with E-state index in [1.165, 1.54) is 11.0 Å². The summed E-state index contributed by atoms with van der Waals surface area (Å²) in [6, 6.07) is 0.451. The molecule has 0 radical (unpaired) electrons. The van der Waals surface area contributed by atoms with Gasteiger partial charge < -0.3 is 14.9 Å². The highest BCUT2D eigenvalue weighted by Gasteiger charge is 2.63. The molecule has 1 aromatic carbocycles. The number of urea groups is 1. The number of carboxylic acid groups (broad SMARTS) is 1. The van der Waals surface area contributed by atoms with E-state index in [1.807, 2.05) is 0 Å². The number of benzene rings is 1. The van der Waals surface area contributed by atoms with Crippen molar-refractivity contribution >= 4 is 29.5 Å². The number of amides is 4. The van der Waals surface area contributed by atoms with Crippen molar-refractivity contribution < 1.29 is 37.5 Å². The molecule has 3 aliphatic heterocycles. The normalized spacial score (nSPS) is 25.4. The number of carboxylic acids is 1. The number of imide groups is 1. The molecule has 3 saturated heterocycles. The van der Waals surface area contributed by atoms with E-state index in [-0.39, 0.29) is 18.7 Å². The molecule has 3 fully saturated rings. The van der Waals surface area contributed by atoms with Crippen molar-refractivity contribution in [2.75, 3.05) is 11.4 Å². The van der Waals surface area contributed by atoms with Crippen LogP contribution >= 0.6 is 0 Å². The number of hydrogen-bond donors (Lipinski definition) is 1. The van der Waals surface area contributed by atoms with E-state index in [0.717, 1.165) is 17.0 Å². The second-order valence-electron chi connectivity index (χ2n) is 6.87. The summed E-state index contributed by atoms with van der Waals surface area (Å²) in [6.45, 7) is -0.0691. The zero-order chi connectivity index (χ0) is 21.2. The number of alkyl halides is 3. The number of anilines is 1. The highest BCUT2D eigenvalue weighted by Crippen LogP contribution is 2.43. The molecule has 2 bridgehead atoms. The van der Waals surface area contributed by atoms with Gasteiger partial charge in [-0.05, 0) is 24.6 Å². The van der Waals surface area contributed by atoms with Crippen LogP contribution in [0.2, 0.25) is 0 Å². The molecule has 29 heavy (non-hydrogen) atoms. The topological polar surface area (TPSA) is 122 Å². The number of aliphatic carboxylic acids is 1. The van der Waals surface area contributed by atoms with Crippen LogP contribution in [0.3, 0.4) is 0 Å². The van der Waals surface area contributed by atoms with Crippen LogP contribution in [0.5, 0.6) is 0 Å².